The highest BCUT2D eigenvalue weighted by atomic mass is 35.5. The van der Waals surface area contributed by atoms with Crippen LogP contribution >= 0.6 is 23.2 Å². The number of piperidine rings is 1. The van der Waals surface area contributed by atoms with Crippen LogP contribution in [0.5, 0.6) is 0 Å². The van der Waals surface area contributed by atoms with Gasteiger partial charge in [-0.3, -0.25) is 14.5 Å². The second-order valence-electron chi connectivity index (χ2n) is 9.81. The Balaban J connectivity index is 2.27. The zero-order valence-corrected chi connectivity index (χ0v) is 21.4. The molecule has 2 atom stereocenters. The Morgan fingerprint density at radius 1 is 1.19 bits per heavy atom. The highest BCUT2D eigenvalue weighted by Crippen LogP contribution is 2.38. The van der Waals surface area contributed by atoms with E-state index < -0.39 is 11.1 Å². The van der Waals surface area contributed by atoms with Crippen LogP contribution in [0.2, 0.25) is 10.0 Å². The number of amides is 2. The molecule has 2 rings (SSSR count). The molecule has 1 aromatic rings. The zero-order valence-electron chi connectivity index (χ0n) is 19.9. The summed E-state index contributed by atoms with van der Waals surface area (Å²) in [6.45, 7) is 14.8. The van der Waals surface area contributed by atoms with E-state index in [-0.39, 0.29) is 23.8 Å². The van der Waals surface area contributed by atoms with E-state index >= 15 is 0 Å². The Kier molecular flexibility index (Phi) is 9.21. The first-order valence-electron chi connectivity index (χ1n) is 11.3. The number of benzene rings is 1. The molecule has 1 heterocycles. The number of nitrogens with zero attached hydrogens (tertiary/aromatic N) is 1. The number of likely N-dealkylation sites (tertiary alicyclic amines) is 1. The third kappa shape index (κ3) is 6.49. The van der Waals surface area contributed by atoms with Gasteiger partial charge in [0, 0.05) is 34.1 Å². The molecule has 1 fully saturated rings. The maximum Gasteiger partial charge on any atom is 0.246 e. The molecule has 2 unspecified atom stereocenters. The van der Waals surface area contributed by atoms with Crippen LogP contribution in [0, 0.1) is 5.92 Å². The van der Waals surface area contributed by atoms with E-state index in [1.807, 2.05) is 39.0 Å². The molecule has 1 aliphatic heterocycles. The predicted octanol–water partition coefficient (Wildman–Crippen LogP) is 5.52. The third-order valence-electron chi connectivity index (χ3n) is 6.23. The summed E-state index contributed by atoms with van der Waals surface area (Å²) in [5.41, 5.74) is -0.435. The summed E-state index contributed by atoms with van der Waals surface area (Å²) < 4.78 is 0. The van der Waals surface area contributed by atoms with Gasteiger partial charge in [0.1, 0.15) is 5.54 Å². The molecule has 2 N–H and O–H groups in total. The summed E-state index contributed by atoms with van der Waals surface area (Å²) in [6, 6.07) is 5.63. The normalized spacial score (nSPS) is 18.5. The maximum atomic E-state index is 13.5. The highest BCUT2D eigenvalue weighted by molar-refractivity contribution is 6.36. The summed E-state index contributed by atoms with van der Waals surface area (Å²) in [7, 11) is 0. The maximum absolute atomic E-state index is 13.5. The zero-order chi connectivity index (χ0) is 24.1. The molecule has 32 heavy (non-hydrogen) atoms. The van der Waals surface area contributed by atoms with Crippen LogP contribution in [0.1, 0.15) is 71.9 Å². The van der Waals surface area contributed by atoms with Crippen molar-refractivity contribution in [3.8, 4) is 0 Å². The van der Waals surface area contributed by atoms with E-state index in [1.165, 1.54) is 6.92 Å². The SMILES string of the molecule is C=CCCC(NC(C)=O)(C(=O)NC(C)(C)C)C1CCN(C(C)c2c(Cl)cccc2Cl)CC1. The fraction of sp³-hybridized carbons (Fsp3) is 0.600. The van der Waals surface area contributed by atoms with Gasteiger partial charge in [0.25, 0.3) is 0 Å². The number of allylic oxidation sites excluding steroid dienone is 1. The summed E-state index contributed by atoms with van der Waals surface area (Å²) in [6.07, 6.45) is 4.53. The van der Waals surface area contributed by atoms with Gasteiger partial charge in [0.2, 0.25) is 11.8 Å². The molecular formula is C25H37Cl2N3O2. The summed E-state index contributed by atoms with van der Waals surface area (Å²) in [4.78, 5) is 28.1. The lowest BCUT2D eigenvalue weighted by molar-refractivity contribution is -0.138. The van der Waals surface area contributed by atoms with E-state index in [4.69, 9.17) is 23.2 Å². The molecule has 178 valence electrons. The fourth-order valence-electron chi connectivity index (χ4n) is 4.69. The minimum atomic E-state index is -0.968. The van der Waals surface area contributed by atoms with Crippen molar-refractivity contribution in [3.63, 3.8) is 0 Å². The van der Waals surface area contributed by atoms with Crippen molar-refractivity contribution in [3.05, 3.63) is 46.5 Å². The number of hydrogen-bond donors (Lipinski definition) is 2. The Hall–Kier alpha value is -1.56. The van der Waals surface area contributed by atoms with E-state index in [1.54, 1.807) is 6.08 Å². The minimum Gasteiger partial charge on any atom is -0.349 e. The average molecular weight is 482 g/mol. The van der Waals surface area contributed by atoms with Gasteiger partial charge in [-0.2, -0.15) is 0 Å². The third-order valence-corrected chi connectivity index (χ3v) is 6.89. The molecule has 0 radical (unpaired) electrons. The number of hydrogen-bond acceptors (Lipinski definition) is 3. The van der Waals surface area contributed by atoms with Crippen molar-refractivity contribution in [2.24, 2.45) is 5.92 Å². The second kappa shape index (κ2) is 11.0. The van der Waals surface area contributed by atoms with Crippen molar-refractivity contribution >= 4 is 35.0 Å². The van der Waals surface area contributed by atoms with Crippen molar-refractivity contribution in [2.75, 3.05) is 13.1 Å². The number of carbonyl (C=O) groups excluding carboxylic acids is 2. The quantitative estimate of drug-likeness (QED) is 0.480. The van der Waals surface area contributed by atoms with Gasteiger partial charge in [-0.25, -0.2) is 0 Å². The molecule has 1 aliphatic rings. The van der Waals surface area contributed by atoms with Gasteiger partial charge in [0.05, 0.1) is 0 Å². The van der Waals surface area contributed by atoms with E-state index in [2.05, 4.69) is 29.0 Å². The number of halogens is 2. The lowest BCUT2D eigenvalue weighted by atomic mass is 9.73. The lowest BCUT2D eigenvalue weighted by Gasteiger charge is -2.46. The fourth-order valence-corrected chi connectivity index (χ4v) is 5.41. The predicted molar refractivity (Wildman–Crippen MR) is 133 cm³/mol. The number of nitrogens with one attached hydrogen (secondary N) is 2. The molecular weight excluding hydrogens is 445 g/mol. The summed E-state index contributed by atoms with van der Waals surface area (Å²) in [5.74, 6) is -0.307. The van der Waals surface area contributed by atoms with Gasteiger partial charge >= 0.3 is 0 Å². The van der Waals surface area contributed by atoms with Crippen LogP contribution in [0.4, 0.5) is 0 Å². The number of carbonyl (C=O) groups is 2. The average Bonchev–Trinajstić information content (AvgIpc) is 2.69. The van der Waals surface area contributed by atoms with Gasteiger partial charge in [-0.1, -0.05) is 35.3 Å². The van der Waals surface area contributed by atoms with Crippen LogP contribution in [0.25, 0.3) is 0 Å². The van der Waals surface area contributed by atoms with Crippen molar-refractivity contribution in [2.45, 2.75) is 77.4 Å². The monoisotopic (exact) mass is 481 g/mol. The summed E-state index contributed by atoms with van der Waals surface area (Å²) in [5, 5.41) is 7.49. The van der Waals surface area contributed by atoms with E-state index in [0.717, 1.165) is 31.5 Å². The van der Waals surface area contributed by atoms with Crippen LogP contribution in [-0.4, -0.2) is 40.9 Å². The molecule has 0 saturated carbocycles. The van der Waals surface area contributed by atoms with Gasteiger partial charge < -0.3 is 10.6 Å². The first-order valence-corrected chi connectivity index (χ1v) is 12.1. The molecule has 0 spiro atoms. The first-order chi connectivity index (χ1) is 14.9. The standard InChI is InChI=1S/C25H37Cl2N3O2/c1-7-8-14-25(28-18(3)31,23(32)29-24(4,5)6)19-12-15-30(16-13-19)17(2)22-20(26)10-9-11-21(22)27/h7,9-11,17,19H,1,8,12-16H2,2-6H3,(H,28,31)(H,29,32). The topological polar surface area (TPSA) is 61.4 Å². The van der Waals surface area contributed by atoms with Crippen LogP contribution < -0.4 is 10.6 Å². The van der Waals surface area contributed by atoms with Crippen LogP contribution in [0.15, 0.2) is 30.9 Å². The Bertz CT molecular complexity index is 809. The highest BCUT2D eigenvalue weighted by Gasteiger charge is 2.47. The van der Waals surface area contributed by atoms with Crippen molar-refractivity contribution < 1.29 is 9.59 Å². The largest absolute Gasteiger partial charge is 0.349 e. The molecule has 1 saturated heterocycles. The minimum absolute atomic E-state index is 0.0128. The van der Waals surface area contributed by atoms with E-state index in [0.29, 0.717) is 22.9 Å². The molecule has 2 amide bonds. The Labute approximate surface area is 202 Å². The lowest BCUT2D eigenvalue weighted by Crippen LogP contribution is -2.66. The number of rotatable bonds is 8. The molecule has 7 heteroatoms. The molecule has 1 aromatic carbocycles. The van der Waals surface area contributed by atoms with Gasteiger partial charge in [-0.05, 0) is 84.5 Å². The van der Waals surface area contributed by atoms with Crippen LogP contribution in [-0.2, 0) is 9.59 Å². The van der Waals surface area contributed by atoms with Crippen molar-refractivity contribution in [1.29, 1.82) is 0 Å². The first kappa shape index (κ1) is 26.7. The summed E-state index contributed by atoms with van der Waals surface area (Å²) >= 11 is 12.9. The second-order valence-corrected chi connectivity index (χ2v) is 10.6. The molecule has 0 aliphatic carbocycles. The molecule has 0 aromatic heterocycles. The van der Waals surface area contributed by atoms with Crippen molar-refractivity contribution in [1.82, 2.24) is 15.5 Å². The Morgan fingerprint density at radius 2 is 1.75 bits per heavy atom. The van der Waals surface area contributed by atoms with Crippen LogP contribution in [0.3, 0.4) is 0 Å². The Morgan fingerprint density at radius 3 is 2.22 bits per heavy atom. The smallest absolute Gasteiger partial charge is 0.246 e. The van der Waals surface area contributed by atoms with Gasteiger partial charge in [0.15, 0.2) is 0 Å². The van der Waals surface area contributed by atoms with E-state index in [9.17, 15) is 9.59 Å². The molecule has 5 nitrogen and oxygen atoms in total. The molecule has 0 bridgehead atoms. The van der Waals surface area contributed by atoms with Gasteiger partial charge in [-0.15, -0.1) is 6.58 Å².